The van der Waals surface area contributed by atoms with Gasteiger partial charge >= 0.3 is 0 Å². The van der Waals surface area contributed by atoms with Crippen LogP contribution in [0.1, 0.15) is 0 Å². The normalized spacial score (nSPS) is 11.9. The van der Waals surface area contributed by atoms with Crippen molar-refractivity contribution in [3.8, 4) is 33.4 Å². The van der Waals surface area contributed by atoms with E-state index in [1.165, 1.54) is 43.8 Å². The van der Waals surface area contributed by atoms with Gasteiger partial charge in [0.2, 0.25) is 0 Å². The minimum atomic E-state index is 0.845. The van der Waals surface area contributed by atoms with Crippen molar-refractivity contribution in [2.45, 2.75) is 0 Å². The number of hydrogen-bond acceptors (Lipinski definition) is 2. The topological polar surface area (TPSA) is 26.3 Å². The summed E-state index contributed by atoms with van der Waals surface area (Å²) in [6, 6.07) is 56.0. The molecule has 2 aromatic heterocycles. The molecule has 46 heavy (non-hydrogen) atoms. The number of hydrogen-bond donors (Lipinski definition) is 0. The van der Waals surface area contributed by atoms with Crippen LogP contribution in [0.2, 0.25) is 0 Å². The monoisotopic (exact) mass is 586 g/mol. The third kappa shape index (κ3) is 3.71. The highest BCUT2D eigenvalue weighted by molar-refractivity contribution is 6.22. The fraction of sp³-hybridized carbons (Fsp3) is 0. The first-order valence-electron chi connectivity index (χ1n) is 15.7. The van der Waals surface area contributed by atoms with Crippen LogP contribution in [-0.2, 0) is 0 Å². The first-order chi connectivity index (χ1) is 22.8. The molecule has 8 aromatic carbocycles. The summed E-state index contributed by atoms with van der Waals surface area (Å²) in [5, 5.41) is 9.31. The maximum Gasteiger partial charge on any atom is 0.147 e. The maximum atomic E-state index is 6.70. The Bertz CT molecular complexity index is 2620. The highest BCUT2D eigenvalue weighted by atomic mass is 16.3. The van der Waals surface area contributed by atoms with Gasteiger partial charge in [0.1, 0.15) is 22.3 Å². The fourth-order valence-electron chi connectivity index (χ4n) is 7.30. The van der Waals surface area contributed by atoms with Crippen molar-refractivity contribution in [2.24, 2.45) is 0 Å². The van der Waals surface area contributed by atoms with Gasteiger partial charge in [0.15, 0.2) is 0 Å². The van der Waals surface area contributed by atoms with E-state index in [-0.39, 0.29) is 0 Å². The Balaban J connectivity index is 1.28. The van der Waals surface area contributed by atoms with E-state index in [4.69, 9.17) is 8.83 Å². The Kier molecular flexibility index (Phi) is 5.31. The molecule has 0 saturated heterocycles. The summed E-state index contributed by atoms with van der Waals surface area (Å²) in [6.07, 6.45) is 0. The number of furan rings is 2. The Hall–Kier alpha value is -6.12. The van der Waals surface area contributed by atoms with Crippen molar-refractivity contribution >= 4 is 65.4 Å². The molecular formula is C44H26O2. The first-order valence-corrected chi connectivity index (χ1v) is 15.7. The van der Waals surface area contributed by atoms with Gasteiger partial charge in [-0.1, -0.05) is 127 Å². The average Bonchev–Trinajstić information content (AvgIpc) is 3.67. The van der Waals surface area contributed by atoms with E-state index in [0.717, 1.165) is 55.0 Å². The second kappa shape index (κ2) is 9.69. The van der Waals surface area contributed by atoms with Gasteiger partial charge in [0.05, 0.1) is 5.56 Å². The summed E-state index contributed by atoms with van der Waals surface area (Å²) in [5.41, 5.74) is 10.2. The van der Waals surface area contributed by atoms with E-state index in [9.17, 15) is 0 Å². The molecule has 0 unspecified atom stereocenters. The molecule has 10 aromatic rings. The van der Waals surface area contributed by atoms with E-state index in [0.29, 0.717) is 0 Å². The molecule has 0 spiro atoms. The Morgan fingerprint density at radius 2 is 0.783 bits per heavy atom. The van der Waals surface area contributed by atoms with E-state index in [2.05, 4.69) is 152 Å². The van der Waals surface area contributed by atoms with Crippen LogP contribution in [0, 0.1) is 0 Å². The molecular weight excluding hydrogens is 560 g/mol. The second-order valence-electron chi connectivity index (χ2n) is 12.1. The Labute approximate surface area is 264 Å². The summed E-state index contributed by atoms with van der Waals surface area (Å²) < 4.78 is 13.4. The first kappa shape index (κ1) is 25.2. The fourth-order valence-corrected chi connectivity index (χ4v) is 7.30. The molecule has 10 rings (SSSR count). The number of rotatable bonds is 3. The smallest absolute Gasteiger partial charge is 0.147 e. The molecule has 0 aliphatic carbocycles. The molecule has 0 bridgehead atoms. The Morgan fingerprint density at radius 1 is 0.304 bits per heavy atom. The van der Waals surface area contributed by atoms with Crippen LogP contribution in [0.15, 0.2) is 167 Å². The van der Waals surface area contributed by atoms with Crippen LogP contribution in [0.3, 0.4) is 0 Å². The zero-order valence-electron chi connectivity index (χ0n) is 24.8. The van der Waals surface area contributed by atoms with E-state index >= 15 is 0 Å². The summed E-state index contributed by atoms with van der Waals surface area (Å²) in [5.74, 6) is 0. The zero-order valence-corrected chi connectivity index (χ0v) is 24.8. The van der Waals surface area contributed by atoms with E-state index in [1.807, 2.05) is 6.07 Å². The van der Waals surface area contributed by atoms with Crippen molar-refractivity contribution in [2.75, 3.05) is 0 Å². The van der Waals surface area contributed by atoms with Gasteiger partial charge < -0.3 is 8.83 Å². The SMILES string of the molecule is c1ccc(-c2c3oc4ccc(-c5cccc6ccccc56)cc4c3cc3c2oc2ccc(-c4cccc5ccccc45)cc23)cc1. The van der Waals surface area contributed by atoms with Gasteiger partial charge in [0, 0.05) is 21.5 Å². The summed E-state index contributed by atoms with van der Waals surface area (Å²) in [6.45, 7) is 0. The summed E-state index contributed by atoms with van der Waals surface area (Å²) in [4.78, 5) is 0. The lowest BCUT2D eigenvalue weighted by Gasteiger charge is -2.07. The van der Waals surface area contributed by atoms with Gasteiger partial charge in [-0.15, -0.1) is 0 Å². The standard InChI is InChI=1S/C44H26O2/c1-2-12-29(13-3-1)42-43-38(36-24-30(20-22-40(36)45-43)34-18-8-14-27-10-4-6-16-32(27)34)26-39-37-25-31(21-23-41(37)46-44(39)42)35-19-9-15-28-11-5-7-17-33(28)35/h1-26H. The lowest BCUT2D eigenvalue weighted by atomic mass is 9.94. The molecule has 214 valence electrons. The molecule has 0 radical (unpaired) electrons. The third-order valence-corrected chi connectivity index (χ3v) is 9.46. The van der Waals surface area contributed by atoms with Gasteiger partial charge in [0.25, 0.3) is 0 Å². The number of fused-ring (bicyclic) bond motifs is 8. The molecule has 0 atom stereocenters. The maximum absolute atomic E-state index is 6.70. The zero-order chi connectivity index (χ0) is 30.2. The van der Waals surface area contributed by atoms with E-state index in [1.54, 1.807) is 0 Å². The summed E-state index contributed by atoms with van der Waals surface area (Å²) >= 11 is 0. The van der Waals surface area contributed by atoms with Crippen molar-refractivity contribution in [3.05, 3.63) is 158 Å². The van der Waals surface area contributed by atoms with Crippen LogP contribution < -0.4 is 0 Å². The lowest BCUT2D eigenvalue weighted by molar-refractivity contribution is 0.658. The minimum absolute atomic E-state index is 0.845. The highest BCUT2D eigenvalue weighted by Crippen LogP contribution is 2.46. The molecule has 2 heteroatoms. The van der Waals surface area contributed by atoms with Crippen LogP contribution in [-0.4, -0.2) is 0 Å². The van der Waals surface area contributed by atoms with Crippen molar-refractivity contribution < 1.29 is 8.83 Å². The molecule has 0 amide bonds. The van der Waals surface area contributed by atoms with Gasteiger partial charge in [-0.05, 0) is 79.7 Å². The highest BCUT2D eigenvalue weighted by Gasteiger charge is 2.22. The van der Waals surface area contributed by atoms with Crippen LogP contribution in [0.5, 0.6) is 0 Å². The van der Waals surface area contributed by atoms with Crippen molar-refractivity contribution in [3.63, 3.8) is 0 Å². The average molecular weight is 587 g/mol. The lowest BCUT2D eigenvalue weighted by Crippen LogP contribution is -1.82. The predicted octanol–water partition coefficient (Wildman–Crippen LogP) is 12.8. The molecule has 0 fully saturated rings. The van der Waals surface area contributed by atoms with E-state index < -0.39 is 0 Å². The second-order valence-corrected chi connectivity index (χ2v) is 12.1. The van der Waals surface area contributed by atoms with Gasteiger partial charge in [-0.3, -0.25) is 0 Å². The van der Waals surface area contributed by atoms with Crippen molar-refractivity contribution in [1.29, 1.82) is 0 Å². The predicted molar refractivity (Wildman–Crippen MR) is 192 cm³/mol. The molecule has 0 aliphatic heterocycles. The third-order valence-electron chi connectivity index (χ3n) is 9.46. The molecule has 2 heterocycles. The quantitative estimate of drug-likeness (QED) is 0.206. The number of benzene rings is 8. The minimum Gasteiger partial charge on any atom is -0.455 e. The Morgan fingerprint density at radius 3 is 1.33 bits per heavy atom. The summed E-state index contributed by atoms with van der Waals surface area (Å²) in [7, 11) is 0. The van der Waals surface area contributed by atoms with Crippen LogP contribution in [0.25, 0.3) is 98.8 Å². The molecule has 0 N–H and O–H groups in total. The molecule has 0 saturated carbocycles. The van der Waals surface area contributed by atoms with Crippen LogP contribution >= 0.6 is 0 Å². The molecule has 0 aliphatic rings. The van der Waals surface area contributed by atoms with Crippen molar-refractivity contribution in [1.82, 2.24) is 0 Å². The largest absolute Gasteiger partial charge is 0.455 e. The van der Waals surface area contributed by atoms with Crippen LogP contribution in [0.4, 0.5) is 0 Å². The molecule has 2 nitrogen and oxygen atoms in total. The van der Waals surface area contributed by atoms with Gasteiger partial charge in [-0.25, -0.2) is 0 Å². The van der Waals surface area contributed by atoms with Gasteiger partial charge in [-0.2, -0.15) is 0 Å².